The van der Waals surface area contributed by atoms with Gasteiger partial charge in [0.05, 0.1) is 23.8 Å². The highest BCUT2D eigenvalue weighted by Gasteiger charge is 2.24. The number of nitrogens with one attached hydrogen (secondary N) is 1. The standard InChI is InChI=1S/C21H28FN5O.C14H16FN5.C6H14.CO2/c1-3-15(4-2)13-20(28)24-18-9-11-27(12-10-18)21-25-19(14-23-26-21)16-5-7-17(22)8-6-16;15-11-3-1-10(2-4-11)13-9-17-19-14(18-13)20-7-5-12(16)6-8-20;1-4-6(3)5-2;2-1-3/h5-8,14-15,18H,3-4,9-13H2,1-2H3,(H,24,28);1-4,9,12H,5-8,16H2;6H,4-5H2,1-3H3;. The van der Waals surface area contributed by atoms with Gasteiger partial charge in [-0.3, -0.25) is 4.79 Å². The van der Waals surface area contributed by atoms with E-state index in [9.17, 15) is 13.6 Å². The van der Waals surface area contributed by atoms with Gasteiger partial charge in [-0.1, -0.05) is 60.3 Å². The smallest absolute Gasteiger partial charge is 0.353 e. The lowest BCUT2D eigenvalue weighted by molar-refractivity contribution is -0.191. The molecule has 308 valence electrons. The molecule has 15 heteroatoms. The van der Waals surface area contributed by atoms with Crippen LogP contribution in [0.5, 0.6) is 0 Å². The van der Waals surface area contributed by atoms with E-state index in [0.29, 0.717) is 35.6 Å². The summed E-state index contributed by atoms with van der Waals surface area (Å²) in [5, 5.41) is 19.5. The zero-order chi connectivity index (χ0) is 41.6. The second-order valence-electron chi connectivity index (χ2n) is 14.3. The quantitative estimate of drug-likeness (QED) is 0.159. The number of hydrogen-bond donors (Lipinski definition) is 2. The summed E-state index contributed by atoms with van der Waals surface area (Å²) < 4.78 is 26.1. The van der Waals surface area contributed by atoms with Crippen molar-refractivity contribution >= 4 is 24.0 Å². The molecule has 2 aliphatic heterocycles. The third-order valence-electron chi connectivity index (χ3n) is 10.4. The summed E-state index contributed by atoms with van der Waals surface area (Å²) >= 11 is 0. The van der Waals surface area contributed by atoms with Crippen LogP contribution in [0.15, 0.2) is 60.9 Å². The minimum Gasteiger partial charge on any atom is -0.353 e. The Bertz CT molecular complexity index is 1770. The monoisotopic (exact) mass is 788 g/mol. The van der Waals surface area contributed by atoms with Crippen molar-refractivity contribution in [3.05, 3.63) is 72.6 Å². The molecule has 0 aliphatic carbocycles. The molecule has 4 heterocycles. The molecule has 57 heavy (non-hydrogen) atoms. The summed E-state index contributed by atoms with van der Waals surface area (Å²) in [7, 11) is 0. The lowest BCUT2D eigenvalue weighted by atomic mass is 9.98. The summed E-state index contributed by atoms with van der Waals surface area (Å²) in [4.78, 5) is 41.8. The Labute approximate surface area is 335 Å². The minimum absolute atomic E-state index is 0.156. The molecule has 0 bridgehead atoms. The largest absolute Gasteiger partial charge is 0.373 e. The zero-order valence-corrected chi connectivity index (χ0v) is 33.9. The Kier molecular flexibility index (Phi) is 20.3. The number of amides is 1. The summed E-state index contributed by atoms with van der Waals surface area (Å²) in [6, 6.07) is 12.9. The molecule has 2 fully saturated rings. The molecule has 6 rings (SSSR count). The van der Waals surface area contributed by atoms with E-state index in [1.54, 1.807) is 36.7 Å². The Morgan fingerprint density at radius 2 is 1.14 bits per heavy atom. The number of benzene rings is 2. The van der Waals surface area contributed by atoms with Gasteiger partial charge in [0.1, 0.15) is 11.6 Å². The number of hydrogen-bond acceptors (Lipinski definition) is 12. The average molecular weight is 789 g/mol. The maximum absolute atomic E-state index is 13.1. The number of aromatic nitrogens is 6. The molecule has 4 aromatic rings. The first-order chi connectivity index (χ1) is 27.5. The fourth-order valence-electron chi connectivity index (χ4n) is 6.11. The molecule has 3 N–H and O–H groups in total. The molecule has 2 saturated heterocycles. The normalized spacial score (nSPS) is 14.4. The number of carbonyl (C=O) groups excluding carboxylic acids is 3. The summed E-state index contributed by atoms with van der Waals surface area (Å²) in [6.45, 7) is 14.2. The number of piperidine rings is 2. The van der Waals surface area contributed by atoms with E-state index >= 15 is 0 Å². The molecule has 0 unspecified atom stereocenters. The first-order valence-corrected chi connectivity index (χ1v) is 20.0. The van der Waals surface area contributed by atoms with Gasteiger partial charge < -0.3 is 20.9 Å². The molecule has 2 aliphatic rings. The Morgan fingerprint density at radius 1 is 0.737 bits per heavy atom. The van der Waals surface area contributed by atoms with Gasteiger partial charge in [0.2, 0.25) is 17.8 Å². The second kappa shape index (κ2) is 25.1. The maximum atomic E-state index is 13.1. The first-order valence-electron chi connectivity index (χ1n) is 20.0. The van der Waals surface area contributed by atoms with Crippen LogP contribution >= 0.6 is 0 Å². The second-order valence-corrected chi connectivity index (χ2v) is 14.3. The van der Waals surface area contributed by atoms with Crippen LogP contribution in [0.4, 0.5) is 20.7 Å². The summed E-state index contributed by atoms with van der Waals surface area (Å²) in [5.74, 6) is 2.20. The van der Waals surface area contributed by atoms with Crippen molar-refractivity contribution in [1.82, 2.24) is 35.7 Å². The van der Waals surface area contributed by atoms with Gasteiger partial charge in [0.25, 0.3) is 0 Å². The van der Waals surface area contributed by atoms with Crippen LogP contribution in [0.3, 0.4) is 0 Å². The highest BCUT2D eigenvalue weighted by molar-refractivity contribution is 5.76. The number of halogens is 2. The van der Waals surface area contributed by atoms with E-state index < -0.39 is 0 Å². The Morgan fingerprint density at radius 3 is 1.51 bits per heavy atom. The van der Waals surface area contributed by atoms with Gasteiger partial charge in [-0.15, -0.1) is 10.2 Å². The number of anilines is 2. The molecule has 13 nitrogen and oxygen atoms in total. The third-order valence-corrected chi connectivity index (χ3v) is 10.4. The van der Waals surface area contributed by atoms with Crippen molar-refractivity contribution in [2.75, 3.05) is 36.0 Å². The van der Waals surface area contributed by atoms with Crippen molar-refractivity contribution in [2.45, 2.75) is 104 Å². The van der Waals surface area contributed by atoms with E-state index in [1.807, 2.05) is 0 Å². The SMILES string of the molecule is CCC(C)CC.CCC(CC)CC(=O)NC1CCN(c2nncc(-c3ccc(F)cc3)n2)CC1.NC1CCN(c2nncc(-c3ccc(F)cc3)n2)CC1.O=C=O. The molecule has 1 amide bonds. The van der Waals surface area contributed by atoms with E-state index in [0.717, 1.165) is 81.7 Å². The van der Waals surface area contributed by atoms with Crippen molar-refractivity contribution < 1.29 is 23.2 Å². The van der Waals surface area contributed by atoms with Crippen LogP contribution in [0.25, 0.3) is 22.5 Å². The van der Waals surface area contributed by atoms with Gasteiger partial charge in [0.15, 0.2) is 0 Å². The van der Waals surface area contributed by atoms with E-state index in [-0.39, 0.29) is 35.8 Å². The van der Waals surface area contributed by atoms with Crippen LogP contribution in [-0.2, 0) is 14.4 Å². The zero-order valence-electron chi connectivity index (χ0n) is 33.9. The van der Waals surface area contributed by atoms with Gasteiger partial charge in [-0.2, -0.15) is 19.8 Å². The van der Waals surface area contributed by atoms with E-state index in [1.165, 1.54) is 37.1 Å². The molecule has 0 saturated carbocycles. The number of rotatable bonds is 11. The summed E-state index contributed by atoms with van der Waals surface area (Å²) in [6.07, 6.45) is 12.4. The minimum atomic E-state index is -0.278. The number of carbonyl (C=O) groups is 1. The topological polar surface area (TPSA) is 173 Å². The number of nitrogens with two attached hydrogens (primary N) is 1. The van der Waals surface area contributed by atoms with Gasteiger partial charge in [-0.25, -0.2) is 18.7 Å². The van der Waals surface area contributed by atoms with Crippen molar-refractivity contribution in [2.24, 2.45) is 17.6 Å². The molecule has 0 atom stereocenters. The average Bonchev–Trinajstić information content (AvgIpc) is 3.24. The fraction of sp³-hybridized carbons (Fsp3) is 0.524. The summed E-state index contributed by atoms with van der Waals surface area (Å²) in [5.41, 5.74) is 8.90. The van der Waals surface area contributed by atoms with Gasteiger partial charge >= 0.3 is 6.15 Å². The fourth-order valence-corrected chi connectivity index (χ4v) is 6.11. The molecular formula is C42H58F2N10O3. The van der Waals surface area contributed by atoms with Crippen molar-refractivity contribution in [3.8, 4) is 22.5 Å². The van der Waals surface area contributed by atoms with Gasteiger partial charge in [-0.05, 0) is 86.1 Å². The third kappa shape index (κ3) is 16.0. The molecule has 2 aromatic carbocycles. The lowest BCUT2D eigenvalue weighted by Gasteiger charge is -2.32. The molecule has 2 aromatic heterocycles. The Balaban J connectivity index is 0.000000260. The van der Waals surface area contributed by atoms with Crippen molar-refractivity contribution in [1.29, 1.82) is 0 Å². The predicted octanol–water partition coefficient (Wildman–Crippen LogP) is 7.05. The predicted molar refractivity (Wildman–Crippen MR) is 217 cm³/mol. The highest BCUT2D eigenvalue weighted by Crippen LogP contribution is 2.23. The highest BCUT2D eigenvalue weighted by atomic mass is 19.1. The van der Waals surface area contributed by atoms with E-state index in [4.69, 9.17) is 15.3 Å². The molecular weight excluding hydrogens is 731 g/mol. The number of nitrogens with zero attached hydrogens (tertiary/aromatic N) is 8. The van der Waals surface area contributed by atoms with Crippen molar-refractivity contribution in [3.63, 3.8) is 0 Å². The molecule has 0 radical (unpaired) electrons. The Hall–Kier alpha value is -5.27. The maximum Gasteiger partial charge on any atom is 0.373 e. The van der Waals surface area contributed by atoms with Crippen LogP contribution < -0.4 is 20.9 Å². The van der Waals surface area contributed by atoms with Crippen LogP contribution in [0.2, 0.25) is 0 Å². The molecule has 0 spiro atoms. The van der Waals surface area contributed by atoms with Gasteiger partial charge in [0, 0.05) is 55.8 Å². The lowest BCUT2D eigenvalue weighted by Crippen LogP contribution is -2.45. The van der Waals surface area contributed by atoms with E-state index in [2.05, 4.69) is 80.1 Å². The van der Waals surface area contributed by atoms with Crippen LogP contribution in [0.1, 0.15) is 92.4 Å². The van der Waals surface area contributed by atoms with Crippen LogP contribution in [0, 0.1) is 23.5 Å². The first kappa shape index (κ1) is 46.1. The van der Waals surface area contributed by atoms with Crippen LogP contribution in [-0.4, -0.2) is 80.7 Å².